The Morgan fingerprint density at radius 1 is 1.32 bits per heavy atom. The van der Waals surface area contributed by atoms with Crippen LogP contribution in [0.4, 0.5) is 13.2 Å². The van der Waals surface area contributed by atoms with Gasteiger partial charge in [-0.15, -0.1) is 0 Å². The zero-order valence-electron chi connectivity index (χ0n) is 12.8. The van der Waals surface area contributed by atoms with Crippen LogP contribution in [-0.2, 0) is 16.5 Å². The molecule has 0 aliphatic rings. The summed E-state index contributed by atoms with van der Waals surface area (Å²) in [6.45, 7) is 3.32. The smallest absolute Gasteiger partial charge is 0.347 e. The van der Waals surface area contributed by atoms with E-state index in [2.05, 4.69) is 0 Å². The third kappa shape index (κ3) is 3.07. The van der Waals surface area contributed by atoms with Crippen molar-refractivity contribution in [1.82, 2.24) is 4.90 Å². The van der Waals surface area contributed by atoms with Crippen molar-refractivity contribution in [2.24, 2.45) is 11.7 Å². The van der Waals surface area contributed by atoms with E-state index in [1.54, 1.807) is 13.8 Å². The number of halogens is 3. The van der Waals surface area contributed by atoms with Crippen molar-refractivity contribution >= 4 is 5.91 Å². The highest BCUT2D eigenvalue weighted by atomic mass is 19.4. The molecule has 0 saturated heterocycles. The molecule has 0 fully saturated rings. The third-order valence-corrected chi connectivity index (χ3v) is 3.59. The van der Waals surface area contributed by atoms with Crippen LogP contribution in [0.15, 0.2) is 18.2 Å². The van der Waals surface area contributed by atoms with E-state index in [-0.39, 0.29) is 5.56 Å². The lowest BCUT2D eigenvalue weighted by Gasteiger charge is -2.35. The molecule has 0 saturated carbocycles. The van der Waals surface area contributed by atoms with Gasteiger partial charge in [-0.1, -0.05) is 19.9 Å². The average Bonchev–Trinajstić information content (AvgIpc) is 2.43. The Hall–Kier alpha value is -2.07. The van der Waals surface area contributed by atoms with Gasteiger partial charge in [0, 0.05) is 14.1 Å². The molecule has 0 spiro atoms. The first kappa shape index (κ1) is 18.0. The van der Waals surface area contributed by atoms with Crippen LogP contribution in [0, 0.1) is 17.2 Å². The Morgan fingerprint density at radius 3 is 2.23 bits per heavy atom. The summed E-state index contributed by atoms with van der Waals surface area (Å²) in [4.78, 5) is 13.6. The normalized spacial score (nSPS) is 14.4. The molecule has 4 nitrogen and oxygen atoms in total. The van der Waals surface area contributed by atoms with E-state index >= 15 is 0 Å². The van der Waals surface area contributed by atoms with Crippen LogP contribution in [0.2, 0.25) is 0 Å². The second-order valence-corrected chi connectivity index (χ2v) is 5.59. The molecule has 1 atom stereocenters. The van der Waals surface area contributed by atoms with Gasteiger partial charge in [-0.05, 0) is 23.6 Å². The Morgan fingerprint density at radius 2 is 1.86 bits per heavy atom. The summed E-state index contributed by atoms with van der Waals surface area (Å²) in [6.07, 6.45) is -4.69. The molecule has 2 N–H and O–H groups in total. The maximum atomic E-state index is 13.1. The first-order valence-corrected chi connectivity index (χ1v) is 6.58. The number of carbonyl (C=O) groups excluding carboxylic acids is 1. The minimum Gasteiger partial charge on any atom is -0.347 e. The maximum absolute atomic E-state index is 13.1. The molecule has 0 bridgehead atoms. The van der Waals surface area contributed by atoms with Gasteiger partial charge in [-0.3, -0.25) is 4.79 Å². The number of likely N-dealkylation sites (N-methyl/N-ethyl adjacent to an activating group) is 1. The molecule has 1 aromatic rings. The van der Waals surface area contributed by atoms with Gasteiger partial charge in [0.2, 0.25) is 5.91 Å². The van der Waals surface area contributed by atoms with E-state index in [0.29, 0.717) is 0 Å². The predicted molar refractivity (Wildman–Crippen MR) is 75.6 cm³/mol. The summed E-state index contributed by atoms with van der Waals surface area (Å²) in [5, 5.41) is 8.83. The van der Waals surface area contributed by atoms with Crippen molar-refractivity contribution in [3.8, 4) is 6.07 Å². The highest BCUT2D eigenvalue weighted by Crippen LogP contribution is 2.36. The number of carbonyl (C=O) groups is 1. The van der Waals surface area contributed by atoms with Gasteiger partial charge in [0.25, 0.3) is 0 Å². The van der Waals surface area contributed by atoms with E-state index < -0.39 is 34.7 Å². The Kier molecular flexibility index (Phi) is 4.88. The number of nitriles is 1. The lowest BCUT2D eigenvalue weighted by Crippen LogP contribution is -2.54. The molecule has 0 aliphatic carbocycles. The first-order chi connectivity index (χ1) is 9.96. The number of benzene rings is 1. The quantitative estimate of drug-likeness (QED) is 0.932. The SMILES string of the molecule is CC(C)[C@@](N)(C(=O)N(C)C)c1ccc(C#N)c(C(F)(F)F)c1. The zero-order valence-corrected chi connectivity index (χ0v) is 12.8. The summed E-state index contributed by atoms with van der Waals surface area (Å²) in [6, 6.07) is 4.64. The average molecular weight is 313 g/mol. The zero-order chi connectivity index (χ0) is 17.3. The number of nitrogens with two attached hydrogens (primary N) is 1. The van der Waals surface area contributed by atoms with Crippen LogP contribution in [0.1, 0.15) is 30.5 Å². The summed E-state index contributed by atoms with van der Waals surface area (Å²) in [5.41, 5.74) is 3.02. The third-order valence-electron chi connectivity index (χ3n) is 3.59. The maximum Gasteiger partial charge on any atom is 0.417 e. The molecule has 1 aromatic carbocycles. The molecule has 1 rings (SSSR count). The Labute approximate surface area is 127 Å². The molecule has 0 aliphatic heterocycles. The van der Waals surface area contributed by atoms with E-state index in [0.717, 1.165) is 12.1 Å². The van der Waals surface area contributed by atoms with Crippen molar-refractivity contribution in [3.05, 3.63) is 34.9 Å². The van der Waals surface area contributed by atoms with Gasteiger partial charge in [0.05, 0.1) is 17.2 Å². The van der Waals surface area contributed by atoms with Gasteiger partial charge in [0.1, 0.15) is 5.54 Å². The van der Waals surface area contributed by atoms with Crippen molar-refractivity contribution in [1.29, 1.82) is 5.26 Å². The molecule has 0 unspecified atom stereocenters. The Balaban J connectivity index is 3.60. The van der Waals surface area contributed by atoms with Crippen molar-refractivity contribution < 1.29 is 18.0 Å². The number of hydrogen-bond acceptors (Lipinski definition) is 3. The summed E-state index contributed by atoms with van der Waals surface area (Å²) < 4.78 is 39.2. The molecule has 0 aromatic heterocycles. The van der Waals surface area contributed by atoms with E-state index in [9.17, 15) is 18.0 Å². The first-order valence-electron chi connectivity index (χ1n) is 6.58. The molecular weight excluding hydrogens is 295 g/mol. The van der Waals surface area contributed by atoms with Crippen LogP contribution in [0.25, 0.3) is 0 Å². The van der Waals surface area contributed by atoms with E-state index in [4.69, 9.17) is 11.0 Å². The monoisotopic (exact) mass is 313 g/mol. The lowest BCUT2D eigenvalue weighted by molar-refractivity contribution is -0.139. The number of nitrogens with zero attached hydrogens (tertiary/aromatic N) is 2. The number of rotatable bonds is 3. The molecule has 1 amide bonds. The van der Waals surface area contributed by atoms with Crippen molar-refractivity contribution in [2.45, 2.75) is 25.6 Å². The minimum atomic E-state index is -4.69. The van der Waals surface area contributed by atoms with Gasteiger partial charge < -0.3 is 10.6 Å². The molecular formula is C15H18F3N3O. The topological polar surface area (TPSA) is 70.1 Å². The summed E-state index contributed by atoms with van der Waals surface area (Å²) in [7, 11) is 2.97. The number of alkyl halides is 3. The van der Waals surface area contributed by atoms with Crippen LogP contribution >= 0.6 is 0 Å². The van der Waals surface area contributed by atoms with E-state index in [1.165, 1.54) is 31.1 Å². The molecule has 0 radical (unpaired) electrons. The fraction of sp³-hybridized carbons (Fsp3) is 0.467. The highest BCUT2D eigenvalue weighted by Gasteiger charge is 2.42. The second kappa shape index (κ2) is 5.97. The number of hydrogen-bond donors (Lipinski definition) is 1. The largest absolute Gasteiger partial charge is 0.417 e. The molecule has 0 heterocycles. The van der Waals surface area contributed by atoms with Gasteiger partial charge >= 0.3 is 6.18 Å². The van der Waals surface area contributed by atoms with Crippen molar-refractivity contribution in [3.63, 3.8) is 0 Å². The molecule has 22 heavy (non-hydrogen) atoms. The second-order valence-electron chi connectivity index (χ2n) is 5.59. The standard InChI is InChI=1S/C15H18F3N3O/c1-9(2)14(20,13(22)21(3)4)11-6-5-10(8-19)12(7-11)15(16,17)18/h5-7,9H,20H2,1-4H3/t14-/m0/s1. The fourth-order valence-corrected chi connectivity index (χ4v) is 2.21. The van der Waals surface area contributed by atoms with Gasteiger partial charge in [0.15, 0.2) is 0 Å². The number of amides is 1. The highest BCUT2D eigenvalue weighted by molar-refractivity contribution is 5.87. The summed E-state index contributed by atoms with van der Waals surface area (Å²) in [5.74, 6) is -0.934. The molecule has 120 valence electrons. The van der Waals surface area contributed by atoms with Crippen LogP contribution in [-0.4, -0.2) is 24.9 Å². The lowest BCUT2D eigenvalue weighted by atomic mass is 9.78. The van der Waals surface area contributed by atoms with Gasteiger partial charge in [-0.2, -0.15) is 18.4 Å². The van der Waals surface area contributed by atoms with Crippen LogP contribution in [0.5, 0.6) is 0 Å². The predicted octanol–water partition coefficient (Wildman–Crippen LogP) is 2.48. The van der Waals surface area contributed by atoms with Crippen LogP contribution < -0.4 is 5.73 Å². The molecule has 7 heteroatoms. The minimum absolute atomic E-state index is 0.0347. The Bertz CT molecular complexity index is 617. The van der Waals surface area contributed by atoms with Crippen molar-refractivity contribution in [2.75, 3.05) is 14.1 Å². The summed E-state index contributed by atoms with van der Waals surface area (Å²) >= 11 is 0. The fourth-order valence-electron chi connectivity index (χ4n) is 2.21. The van der Waals surface area contributed by atoms with E-state index in [1.807, 2.05) is 0 Å². The van der Waals surface area contributed by atoms with Gasteiger partial charge in [-0.25, -0.2) is 0 Å². The van der Waals surface area contributed by atoms with Crippen LogP contribution in [0.3, 0.4) is 0 Å².